The maximum atomic E-state index is 11.9. The van der Waals surface area contributed by atoms with Crippen LogP contribution in [0.25, 0.3) is 0 Å². The smallest absolute Gasteiger partial charge is 0.223 e. The van der Waals surface area contributed by atoms with Crippen molar-refractivity contribution in [1.82, 2.24) is 10.2 Å². The molecule has 2 atom stereocenters. The minimum atomic E-state index is 0.219. The summed E-state index contributed by atoms with van der Waals surface area (Å²) in [4.78, 5) is 14.3. The second kappa shape index (κ2) is 7.45. The third-order valence-corrected chi connectivity index (χ3v) is 4.87. The van der Waals surface area contributed by atoms with Crippen LogP contribution in [0.3, 0.4) is 0 Å². The van der Waals surface area contributed by atoms with Crippen molar-refractivity contribution in [2.75, 3.05) is 13.1 Å². The highest BCUT2D eigenvalue weighted by atomic mass is 16.5. The number of nitrogens with zero attached hydrogens (tertiary/aromatic N) is 1. The average molecular weight is 316 g/mol. The number of carbonyl (C=O) groups excluding carboxylic acids is 1. The Kier molecular flexibility index (Phi) is 5.34. The van der Waals surface area contributed by atoms with Crippen LogP contribution in [-0.4, -0.2) is 36.1 Å². The average Bonchev–Trinajstić information content (AvgIpc) is 2.43. The first-order valence-corrected chi connectivity index (χ1v) is 8.83. The van der Waals surface area contributed by atoms with Gasteiger partial charge in [0.2, 0.25) is 5.91 Å². The molecule has 0 radical (unpaired) electrons. The zero-order valence-corrected chi connectivity index (χ0v) is 14.3. The summed E-state index contributed by atoms with van der Waals surface area (Å²) in [7, 11) is 0. The van der Waals surface area contributed by atoms with Crippen LogP contribution in [0.15, 0.2) is 24.3 Å². The van der Waals surface area contributed by atoms with Crippen LogP contribution in [-0.2, 0) is 22.6 Å². The van der Waals surface area contributed by atoms with E-state index >= 15 is 0 Å². The Morgan fingerprint density at radius 2 is 1.74 bits per heavy atom. The lowest BCUT2D eigenvalue weighted by Crippen LogP contribution is -2.44. The highest BCUT2D eigenvalue weighted by Gasteiger charge is 2.24. The van der Waals surface area contributed by atoms with Crippen molar-refractivity contribution in [2.24, 2.45) is 5.92 Å². The van der Waals surface area contributed by atoms with Crippen LogP contribution in [0.5, 0.6) is 0 Å². The normalized spacial score (nSPS) is 25.8. The second-order valence-corrected chi connectivity index (χ2v) is 7.11. The maximum absolute atomic E-state index is 11.9. The number of ether oxygens (including phenoxy) is 1. The molecule has 1 aliphatic heterocycles. The van der Waals surface area contributed by atoms with Gasteiger partial charge in [0, 0.05) is 32.1 Å². The molecular formula is C19H28N2O2. The first-order chi connectivity index (χ1) is 11.1. The van der Waals surface area contributed by atoms with E-state index in [-0.39, 0.29) is 11.8 Å². The molecule has 2 aliphatic rings. The summed E-state index contributed by atoms with van der Waals surface area (Å²) in [5.41, 5.74) is 2.49. The summed E-state index contributed by atoms with van der Waals surface area (Å²) in [5, 5.41) is 3.05. The summed E-state index contributed by atoms with van der Waals surface area (Å²) < 4.78 is 5.78. The topological polar surface area (TPSA) is 41.6 Å². The molecule has 23 heavy (non-hydrogen) atoms. The Labute approximate surface area is 139 Å². The highest BCUT2D eigenvalue weighted by Crippen LogP contribution is 2.26. The molecular weight excluding hydrogens is 288 g/mol. The molecule has 0 bridgehead atoms. The van der Waals surface area contributed by atoms with Gasteiger partial charge in [0.05, 0.1) is 12.2 Å². The summed E-state index contributed by atoms with van der Waals surface area (Å²) in [5.74, 6) is 0.483. The maximum Gasteiger partial charge on any atom is 0.223 e. The number of hydrogen-bond donors (Lipinski definition) is 1. The van der Waals surface area contributed by atoms with Crippen molar-refractivity contribution in [3.05, 3.63) is 35.4 Å². The monoisotopic (exact) mass is 316 g/mol. The van der Waals surface area contributed by atoms with Gasteiger partial charge >= 0.3 is 0 Å². The molecule has 1 aromatic rings. The molecule has 4 nitrogen and oxygen atoms in total. The zero-order valence-electron chi connectivity index (χ0n) is 14.3. The zero-order chi connectivity index (χ0) is 16.2. The molecule has 1 amide bonds. The van der Waals surface area contributed by atoms with E-state index in [4.69, 9.17) is 4.74 Å². The lowest BCUT2D eigenvalue weighted by molar-refractivity contribution is -0.127. The fourth-order valence-corrected chi connectivity index (χ4v) is 3.44. The van der Waals surface area contributed by atoms with Crippen LogP contribution in [0, 0.1) is 5.92 Å². The highest BCUT2D eigenvalue weighted by molar-refractivity contribution is 5.79. The molecule has 0 aromatic heterocycles. The van der Waals surface area contributed by atoms with Crippen molar-refractivity contribution in [2.45, 2.75) is 58.4 Å². The Bertz CT molecular complexity index is 515. The van der Waals surface area contributed by atoms with Gasteiger partial charge in [-0.2, -0.15) is 0 Å². The minimum absolute atomic E-state index is 0.219. The Hall–Kier alpha value is -1.39. The van der Waals surface area contributed by atoms with E-state index in [2.05, 4.69) is 48.3 Å². The minimum Gasteiger partial charge on any atom is -0.373 e. The van der Waals surface area contributed by atoms with Crippen molar-refractivity contribution in [1.29, 1.82) is 0 Å². The molecule has 3 rings (SSSR count). The van der Waals surface area contributed by atoms with Crippen LogP contribution >= 0.6 is 0 Å². The SMILES string of the molecule is C[C@@H]1CN(Cc2ccc(CNC(=O)C3CCC3)cc2)C[C@@H](C)O1. The van der Waals surface area contributed by atoms with Crippen LogP contribution in [0.1, 0.15) is 44.2 Å². The number of benzene rings is 1. The van der Waals surface area contributed by atoms with Gasteiger partial charge in [0.1, 0.15) is 0 Å². The summed E-state index contributed by atoms with van der Waals surface area (Å²) in [6.45, 7) is 7.86. The lowest BCUT2D eigenvalue weighted by atomic mass is 9.85. The fraction of sp³-hybridized carbons (Fsp3) is 0.632. The summed E-state index contributed by atoms with van der Waals surface area (Å²) in [6.07, 6.45) is 3.92. The Balaban J connectivity index is 1.47. The number of morpholine rings is 1. The van der Waals surface area contributed by atoms with E-state index in [0.717, 1.165) is 32.5 Å². The number of rotatable bonds is 5. The molecule has 1 saturated carbocycles. The number of nitrogens with one attached hydrogen (secondary N) is 1. The molecule has 1 N–H and O–H groups in total. The van der Waals surface area contributed by atoms with Gasteiger partial charge in [-0.15, -0.1) is 0 Å². The van der Waals surface area contributed by atoms with E-state index in [1.54, 1.807) is 0 Å². The third-order valence-electron chi connectivity index (χ3n) is 4.87. The van der Waals surface area contributed by atoms with Crippen molar-refractivity contribution >= 4 is 5.91 Å². The predicted molar refractivity (Wildman–Crippen MR) is 90.9 cm³/mol. The van der Waals surface area contributed by atoms with E-state index in [1.807, 2.05) is 0 Å². The van der Waals surface area contributed by atoms with Crippen molar-refractivity contribution in [3.8, 4) is 0 Å². The van der Waals surface area contributed by atoms with Crippen molar-refractivity contribution < 1.29 is 9.53 Å². The molecule has 1 heterocycles. The lowest BCUT2D eigenvalue weighted by Gasteiger charge is -2.35. The van der Waals surface area contributed by atoms with Crippen LogP contribution in [0.4, 0.5) is 0 Å². The predicted octanol–water partition coefficient (Wildman–Crippen LogP) is 2.71. The first-order valence-electron chi connectivity index (χ1n) is 8.83. The summed E-state index contributed by atoms with van der Waals surface area (Å²) in [6, 6.07) is 8.61. The van der Waals surface area contributed by atoms with Gasteiger partial charge in [-0.25, -0.2) is 0 Å². The van der Waals surface area contributed by atoms with Gasteiger partial charge in [-0.1, -0.05) is 30.7 Å². The Morgan fingerprint density at radius 1 is 1.13 bits per heavy atom. The van der Waals surface area contributed by atoms with Crippen LogP contribution in [0.2, 0.25) is 0 Å². The fourth-order valence-electron chi connectivity index (χ4n) is 3.44. The molecule has 0 unspecified atom stereocenters. The molecule has 126 valence electrons. The molecule has 1 saturated heterocycles. The number of carbonyl (C=O) groups is 1. The van der Waals surface area contributed by atoms with E-state index in [1.165, 1.54) is 17.5 Å². The first kappa shape index (κ1) is 16.5. The van der Waals surface area contributed by atoms with Crippen molar-refractivity contribution in [3.63, 3.8) is 0 Å². The standard InChI is InChI=1S/C19H28N2O2/c1-14-11-21(12-15(2)23-14)13-17-8-6-16(7-9-17)10-20-19(22)18-4-3-5-18/h6-9,14-15,18H,3-5,10-13H2,1-2H3,(H,20,22)/t14-,15-/m1/s1. The molecule has 4 heteroatoms. The molecule has 1 aliphatic carbocycles. The summed E-state index contributed by atoms with van der Waals surface area (Å²) >= 11 is 0. The quantitative estimate of drug-likeness (QED) is 0.908. The van der Waals surface area contributed by atoms with Gasteiger partial charge in [-0.05, 0) is 37.8 Å². The third kappa shape index (κ3) is 4.55. The largest absolute Gasteiger partial charge is 0.373 e. The molecule has 1 aromatic carbocycles. The number of amides is 1. The van der Waals surface area contributed by atoms with Gasteiger partial charge in [-0.3, -0.25) is 9.69 Å². The molecule has 0 spiro atoms. The van der Waals surface area contributed by atoms with E-state index in [9.17, 15) is 4.79 Å². The van der Waals surface area contributed by atoms with Gasteiger partial charge < -0.3 is 10.1 Å². The van der Waals surface area contributed by atoms with Gasteiger partial charge in [0.15, 0.2) is 0 Å². The second-order valence-electron chi connectivity index (χ2n) is 7.11. The van der Waals surface area contributed by atoms with Gasteiger partial charge in [0.25, 0.3) is 0 Å². The van der Waals surface area contributed by atoms with Crippen LogP contribution < -0.4 is 5.32 Å². The number of hydrogen-bond acceptors (Lipinski definition) is 3. The molecule has 2 fully saturated rings. The van der Waals surface area contributed by atoms with E-state index < -0.39 is 0 Å². The Morgan fingerprint density at radius 3 is 2.30 bits per heavy atom. The van der Waals surface area contributed by atoms with E-state index in [0.29, 0.717) is 18.8 Å².